The quantitative estimate of drug-likeness (QED) is 0.735. The van der Waals surface area contributed by atoms with Gasteiger partial charge in [-0.3, -0.25) is 0 Å². The minimum atomic E-state index is -0.641. The van der Waals surface area contributed by atoms with Crippen molar-refractivity contribution in [1.29, 1.82) is 0 Å². The lowest BCUT2D eigenvalue weighted by Crippen LogP contribution is -2.36. The van der Waals surface area contributed by atoms with Gasteiger partial charge in [0.05, 0.1) is 12.1 Å². The highest BCUT2D eigenvalue weighted by Gasteiger charge is 2.43. The molecule has 2 aliphatic rings. The van der Waals surface area contributed by atoms with Crippen LogP contribution in [0.2, 0.25) is 0 Å². The third-order valence-corrected chi connectivity index (χ3v) is 6.16. The zero-order valence-corrected chi connectivity index (χ0v) is 15.5. The van der Waals surface area contributed by atoms with Crippen LogP contribution in [0.25, 0.3) is 10.9 Å². The van der Waals surface area contributed by atoms with Gasteiger partial charge in [0.1, 0.15) is 24.0 Å². The molecule has 3 aromatic rings. The molecule has 0 radical (unpaired) electrons. The topological polar surface area (TPSA) is 67.1 Å². The minimum Gasteiger partial charge on any atom is -0.391 e. The van der Waals surface area contributed by atoms with E-state index in [4.69, 9.17) is 0 Å². The first kappa shape index (κ1) is 17.5. The van der Waals surface area contributed by atoms with Crippen LogP contribution in [0.5, 0.6) is 0 Å². The number of aromatic nitrogens is 4. The Kier molecular flexibility index (Phi) is 4.04. The second-order valence-corrected chi connectivity index (χ2v) is 7.97. The molecule has 1 N–H and O–H groups in total. The lowest BCUT2D eigenvalue weighted by molar-refractivity contribution is 0.0305. The molecule has 4 atom stereocenters. The summed E-state index contributed by atoms with van der Waals surface area (Å²) in [5.74, 6) is -0.537. The molecule has 2 fully saturated rings. The lowest BCUT2D eigenvalue weighted by Gasteiger charge is -2.34. The summed E-state index contributed by atoms with van der Waals surface area (Å²) in [6.45, 7) is 3.35. The Balaban J connectivity index is 1.48. The predicted molar refractivity (Wildman–Crippen MR) is 99.9 cm³/mol. The Labute approximate surface area is 160 Å². The van der Waals surface area contributed by atoms with Gasteiger partial charge in [-0.05, 0) is 43.7 Å². The van der Waals surface area contributed by atoms with Crippen LogP contribution in [0.3, 0.4) is 0 Å². The molecule has 0 bridgehead atoms. The molecule has 8 heteroatoms. The number of rotatable bonds is 2. The number of benzene rings is 1. The summed E-state index contributed by atoms with van der Waals surface area (Å²) < 4.78 is 29.9. The first-order valence-corrected chi connectivity index (χ1v) is 9.53. The first-order chi connectivity index (χ1) is 13.5. The van der Waals surface area contributed by atoms with E-state index in [2.05, 4.69) is 20.0 Å². The molecule has 0 unspecified atom stereocenters. The highest BCUT2D eigenvalue weighted by molar-refractivity contribution is 5.92. The summed E-state index contributed by atoms with van der Waals surface area (Å²) >= 11 is 0. The first-order valence-electron chi connectivity index (χ1n) is 9.53. The molecule has 6 nitrogen and oxygen atoms in total. The second-order valence-electron chi connectivity index (χ2n) is 7.97. The molecule has 1 aliphatic heterocycles. The number of aliphatic hydroxyl groups is 1. The summed E-state index contributed by atoms with van der Waals surface area (Å²) in [6.07, 6.45) is 4.13. The SMILES string of the molecule is Cc1cc(N2C[C@H]3C[C@@H](n4cncn4)[C@H](O)C[C@H]3C2)c2cc(F)cc(F)c2n1. The van der Waals surface area contributed by atoms with Gasteiger partial charge < -0.3 is 10.0 Å². The third-order valence-electron chi connectivity index (χ3n) is 6.16. The standard InChI is InChI=1S/C20H21F2N5O/c1-11-2-17(15-5-14(21)6-16(22)20(15)25-11)26-7-12-3-18(27-10-23-9-24-27)19(28)4-13(12)8-26/h2,5-6,9-10,12-13,18-19,28H,3-4,7-8H2,1H3/t12-,13+,18-,19-/m1/s1. The van der Waals surface area contributed by atoms with Crippen molar-refractivity contribution < 1.29 is 13.9 Å². The van der Waals surface area contributed by atoms with Gasteiger partial charge in [0.2, 0.25) is 0 Å². The lowest BCUT2D eigenvalue weighted by atomic mass is 9.77. The molecule has 1 saturated carbocycles. The molecule has 28 heavy (non-hydrogen) atoms. The van der Waals surface area contributed by atoms with Gasteiger partial charge in [-0.15, -0.1) is 0 Å². The van der Waals surface area contributed by atoms with E-state index < -0.39 is 17.7 Å². The summed E-state index contributed by atoms with van der Waals surface area (Å²) in [7, 11) is 0. The summed E-state index contributed by atoms with van der Waals surface area (Å²) in [5, 5.41) is 15.3. The number of pyridine rings is 1. The van der Waals surface area contributed by atoms with Crippen molar-refractivity contribution in [2.45, 2.75) is 31.9 Å². The van der Waals surface area contributed by atoms with E-state index in [0.717, 1.165) is 31.3 Å². The van der Waals surface area contributed by atoms with Crippen molar-refractivity contribution in [3.8, 4) is 0 Å². The fourth-order valence-corrected chi connectivity index (χ4v) is 4.90. The number of aryl methyl sites for hydroxylation is 1. The van der Waals surface area contributed by atoms with Gasteiger partial charge in [-0.2, -0.15) is 5.10 Å². The van der Waals surface area contributed by atoms with Gasteiger partial charge in [0, 0.05) is 35.9 Å². The van der Waals surface area contributed by atoms with Crippen molar-refractivity contribution in [2.24, 2.45) is 11.8 Å². The van der Waals surface area contributed by atoms with Crippen LogP contribution in [0.1, 0.15) is 24.6 Å². The van der Waals surface area contributed by atoms with Crippen molar-refractivity contribution in [1.82, 2.24) is 19.7 Å². The zero-order valence-electron chi connectivity index (χ0n) is 15.5. The highest BCUT2D eigenvalue weighted by atomic mass is 19.1. The molecular formula is C20H21F2N5O. The molecule has 3 heterocycles. The van der Waals surface area contributed by atoms with Crippen LogP contribution in [0, 0.1) is 30.4 Å². The minimum absolute atomic E-state index is 0.0884. The Morgan fingerprint density at radius 2 is 1.89 bits per heavy atom. The summed E-state index contributed by atoms with van der Waals surface area (Å²) in [4.78, 5) is 10.4. The maximum Gasteiger partial charge on any atom is 0.152 e. The van der Waals surface area contributed by atoms with Crippen molar-refractivity contribution in [3.05, 3.63) is 48.2 Å². The van der Waals surface area contributed by atoms with Gasteiger partial charge in [-0.1, -0.05) is 0 Å². The molecule has 146 valence electrons. The monoisotopic (exact) mass is 385 g/mol. The number of halogens is 2. The summed E-state index contributed by atoms with van der Waals surface area (Å²) in [6, 6.07) is 4.04. The molecule has 0 amide bonds. The fourth-order valence-electron chi connectivity index (χ4n) is 4.90. The number of anilines is 1. The van der Waals surface area contributed by atoms with E-state index in [-0.39, 0.29) is 11.6 Å². The largest absolute Gasteiger partial charge is 0.391 e. The van der Waals surface area contributed by atoms with Crippen LogP contribution in [0.4, 0.5) is 14.5 Å². The smallest absolute Gasteiger partial charge is 0.152 e. The molecule has 1 saturated heterocycles. The van der Waals surface area contributed by atoms with Gasteiger partial charge in [0.15, 0.2) is 5.82 Å². The van der Waals surface area contributed by atoms with Crippen LogP contribution in [-0.2, 0) is 0 Å². The maximum atomic E-state index is 14.3. The van der Waals surface area contributed by atoms with E-state index in [1.54, 1.807) is 11.0 Å². The van der Waals surface area contributed by atoms with Gasteiger partial charge >= 0.3 is 0 Å². The van der Waals surface area contributed by atoms with E-state index in [9.17, 15) is 13.9 Å². The second kappa shape index (κ2) is 6.48. The van der Waals surface area contributed by atoms with Crippen LogP contribution in [-0.4, -0.2) is 44.0 Å². The average molecular weight is 385 g/mol. The Morgan fingerprint density at radius 1 is 1.11 bits per heavy atom. The van der Waals surface area contributed by atoms with Crippen molar-refractivity contribution >= 4 is 16.6 Å². The maximum absolute atomic E-state index is 14.3. The zero-order chi connectivity index (χ0) is 19.4. The molecule has 5 rings (SSSR count). The number of fused-ring (bicyclic) bond motifs is 2. The average Bonchev–Trinajstić information content (AvgIpc) is 3.30. The Morgan fingerprint density at radius 3 is 2.64 bits per heavy atom. The highest BCUT2D eigenvalue weighted by Crippen LogP contribution is 2.43. The normalized spacial score (nSPS) is 27.4. The Bertz CT molecular complexity index is 1030. The number of hydrogen-bond acceptors (Lipinski definition) is 5. The Hall–Kier alpha value is -2.61. The van der Waals surface area contributed by atoms with Crippen LogP contribution < -0.4 is 4.90 Å². The fraction of sp³-hybridized carbons (Fsp3) is 0.450. The van der Waals surface area contributed by atoms with E-state index in [0.29, 0.717) is 29.3 Å². The van der Waals surface area contributed by atoms with Crippen LogP contribution >= 0.6 is 0 Å². The van der Waals surface area contributed by atoms with Crippen molar-refractivity contribution in [2.75, 3.05) is 18.0 Å². The number of aliphatic hydroxyl groups excluding tert-OH is 1. The molecule has 0 spiro atoms. The summed E-state index contributed by atoms with van der Waals surface area (Å²) in [5.41, 5.74) is 1.71. The molecule has 1 aliphatic carbocycles. The predicted octanol–water partition coefficient (Wildman–Crippen LogP) is 2.86. The van der Waals surface area contributed by atoms with Crippen LogP contribution in [0.15, 0.2) is 30.9 Å². The van der Waals surface area contributed by atoms with E-state index >= 15 is 0 Å². The number of nitrogens with zero attached hydrogens (tertiary/aromatic N) is 5. The third kappa shape index (κ3) is 2.83. The molecular weight excluding hydrogens is 364 g/mol. The van der Waals surface area contributed by atoms with Gasteiger partial charge in [-0.25, -0.2) is 23.4 Å². The van der Waals surface area contributed by atoms with Gasteiger partial charge in [0.25, 0.3) is 0 Å². The van der Waals surface area contributed by atoms with E-state index in [1.807, 2.05) is 13.0 Å². The van der Waals surface area contributed by atoms with Crippen molar-refractivity contribution in [3.63, 3.8) is 0 Å². The molecule has 2 aromatic heterocycles. The molecule has 1 aromatic carbocycles. The van der Waals surface area contributed by atoms with E-state index in [1.165, 1.54) is 12.4 Å². The number of hydrogen-bond donors (Lipinski definition) is 1.